The third-order valence-corrected chi connectivity index (χ3v) is 2.62. The van der Waals surface area contributed by atoms with E-state index in [0.29, 0.717) is 0 Å². The van der Waals surface area contributed by atoms with Crippen LogP contribution in [-0.4, -0.2) is 27.4 Å². The van der Waals surface area contributed by atoms with Crippen molar-refractivity contribution in [3.8, 4) is 0 Å². The van der Waals surface area contributed by atoms with Gasteiger partial charge in [0.05, 0.1) is 12.1 Å². The van der Waals surface area contributed by atoms with Crippen molar-refractivity contribution in [1.29, 1.82) is 0 Å². The van der Waals surface area contributed by atoms with Gasteiger partial charge in [-0.1, -0.05) is 6.07 Å². The Morgan fingerprint density at radius 1 is 1.39 bits per heavy atom. The average Bonchev–Trinajstić information content (AvgIpc) is 2.32. The van der Waals surface area contributed by atoms with Gasteiger partial charge in [-0.15, -0.1) is 0 Å². The maximum absolute atomic E-state index is 13.7. The van der Waals surface area contributed by atoms with Gasteiger partial charge in [-0.25, -0.2) is 9.18 Å². The fourth-order valence-corrected chi connectivity index (χ4v) is 1.85. The molecule has 5 nitrogen and oxygen atoms in total. The predicted octanol–water partition coefficient (Wildman–Crippen LogP) is 0.831. The second-order valence-corrected chi connectivity index (χ2v) is 3.73. The molecule has 2 N–H and O–H groups in total. The first-order valence-electron chi connectivity index (χ1n) is 5.22. The number of aromatic nitrogens is 1. The number of halogens is 1. The number of aliphatic hydroxyl groups is 1. The summed E-state index contributed by atoms with van der Waals surface area (Å²) in [7, 11) is 0. The third-order valence-electron chi connectivity index (χ3n) is 2.62. The molecule has 1 aromatic carbocycles. The van der Waals surface area contributed by atoms with Crippen LogP contribution in [0.2, 0.25) is 0 Å². The minimum absolute atomic E-state index is 0.00144. The first-order valence-corrected chi connectivity index (χ1v) is 5.22. The lowest BCUT2D eigenvalue weighted by Crippen LogP contribution is -2.20. The van der Waals surface area contributed by atoms with E-state index in [9.17, 15) is 14.0 Å². The van der Waals surface area contributed by atoms with E-state index in [2.05, 4.69) is 0 Å². The van der Waals surface area contributed by atoms with Crippen molar-refractivity contribution in [1.82, 2.24) is 4.57 Å². The highest BCUT2D eigenvalue weighted by molar-refractivity contribution is 5.92. The number of fused-ring (bicyclic) bond motifs is 1. The lowest BCUT2D eigenvalue weighted by molar-refractivity contribution is 0.0694. The monoisotopic (exact) mass is 251 g/mol. The van der Waals surface area contributed by atoms with Crippen LogP contribution in [-0.2, 0) is 6.54 Å². The Kier molecular flexibility index (Phi) is 3.12. The van der Waals surface area contributed by atoms with E-state index >= 15 is 0 Å². The molecule has 0 bridgehead atoms. The van der Waals surface area contributed by atoms with Crippen molar-refractivity contribution in [2.24, 2.45) is 0 Å². The quantitative estimate of drug-likeness (QED) is 0.846. The summed E-state index contributed by atoms with van der Waals surface area (Å²) in [6.07, 6.45) is 1.05. The number of benzene rings is 1. The molecule has 0 unspecified atom stereocenters. The van der Waals surface area contributed by atoms with Gasteiger partial charge in [-0.3, -0.25) is 4.79 Å². The maximum Gasteiger partial charge on any atom is 0.341 e. The molecule has 0 aliphatic heterocycles. The van der Waals surface area contributed by atoms with Crippen molar-refractivity contribution >= 4 is 16.9 Å². The number of rotatable bonds is 3. The zero-order valence-electron chi connectivity index (χ0n) is 9.26. The fourth-order valence-electron chi connectivity index (χ4n) is 1.85. The molecule has 0 aliphatic carbocycles. The van der Waals surface area contributed by atoms with Gasteiger partial charge >= 0.3 is 5.97 Å². The molecule has 0 fully saturated rings. The number of hydrogen-bond donors (Lipinski definition) is 2. The molecule has 6 heteroatoms. The van der Waals surface area contributed by atoms with Crippen molar-refractivity contribution in [2.75, 3.05) is 6.61 Å². The highest BCUT2D eigenvalue weighted by atomic mass is 19.1. The highest BCUT2D eigenvalue weighted by Gasteiger charge is 2.16. The summed E-state index contributed by atoms with van der Waals surface area (Å²) in [5.74, 6) is -2.01. The van der Waals surface area contributed by atoms with E-state index in [4.69, 9.17) is 10.2 Å². The van der Waals surface area contributed by atoms with Gasteiger partial charge in [0.2, 0.25) is 5.43 Å². The molecule has 1 heterocycles. The van der Waals surface area contributed by atoms with Crippen LogP contribution in [0.1, 0.15) is 10.4 Å². The molecule has 18 heavy (non-hydrogen) atoms. The molecule has 1 aromatic heterocycles. The van der Waals surface area contributed by atoms with E-state index in [0.717, 1.165) is 6.20 Å². The first-order chi connectivity index (χ1) is 8.56. The van der Waals surface area contributed by atoms with E-state index in [1.807, 2.05) is 0 Å². The Bertz CT molecular complexity index is 678. The molecule has 0 saturated carbocycles. The number of hydrogen-bond acceptors (Lipinski definition) is 3. The molecule has 0 aliphatic rings. The van der Waals surface area contributed by atoms with Gasteiger partial charge in [0.1, 0.15) is 11.4 Å². The SMILES string of the molecule is O=C(O)c1cn(CCO)c2c(F)cccc2c1=O. The average molecular weight is 251 g/mol. The zero-order chi connectivity index (χ0) is 13.3. The van der Waals surface area contributed by atoms with E-state index < -0.39 is 22.8 Å². The zero-order valence-corrected chi connectivity index (χ0v) is 9.26. The van der Waals surface area contributed by atoms with Gasteiger partial charge in [-0.05, 0) is 12.1 Å². The number of nitrogens with zero attached hydrogens (tertiary/aromatic N) is 1. The van der Waals surface area contributed by atoms with Gasteiger partial charge in [0, 0.05) is 18.1 Å². The third kappa shape index (κ3) is 1.86. The maximum atomic E-state index is 13.7. The van der Waals surface area contributed by atoms with E-state index in [-0.39, 0.29) is 24.1 Å². The molecule has 0 spiro atoms. The van der Waals surface area contributed by atoms with E-state index in [1.54, 1.807) is 0 Å². The van der Waals surface area contributed by atoms with Crippen LogP contribution < -0.4 is 5.43 Å². The molecule has 2 rings (SSSR count). The van der Waals surface area contributed by atoms with Crippen LogP contribution in [0.25, 0.3) is 10.9 Å². The van der Waals surface area contributed by atoms with Crippen LogP contribution in [0.4, 0.5) is 4.39 Å². The molecular formula is C12H10FNO4. The Labute approximate surface area is 101 Å². The molecule has 0 radical (unpaired) electrons. The number of para-hydroxylation sites is 1. The number of aromatic carboxylic acids is 1. The largest absolute Gasteiger partial charge is 0.477 e. The second-order valence-electron chi connectivity index (χ2n) is 3.73. The van der Waals surface area contributed by atoms with Crippen molar-refractivity contribution in [2.45, 2.75) is 6.54 Å². The Balaban J connectivity index is 2.92. The van der Waals surface area contributed by atoms with Crippen LogP contribution in [0.3, 0.4) is 0 Å². The molecule has 94 valence electrons. The Morgan fingerprint density at radius 2 is 2.11 bits per heavy atom. The predicted molar refractivity (Wildman–Crippen MR) is 62.2 cm³/mol. The summed E-state index contributed by atoms with van der Waals surface area (Å²) in [6.45, 7) is -0.274. The highest BCUT2D eigenvalue weighted by Crippen LogP contribution is 2.15. The summed E-state index contributed by atoms with van der Waals surface area (Å²) < 4.78 is 14.9. The Hall–Kier alpha value is -2.21. The molecule has 2 aromatic rings. The van der Waals surface area contributed by atoms with Gasteiger partial charge < -0.3 is 14.8 Å². The number of pyridine rings is 1. The molecular weight excluding hydrogens is 241 g/mol. The minimum Gasteiger partial charge on any atom is -0.477 e. The van der Waals surface area contributed by atoms with Crippen molar-refractivity contribution in [3.05, 3.63) is 46.0 Å². The van der Waals surface area contributed by atoms with Gasteiger partial charge in [0.25, 0.3) is 0 Å². The first kappa shape index (κ1) is 12.3. The minimum atomic E-state index is -1.38. The summed E-state index contributed by atoms with van der Waals surface area (Å²) >= 11 is 0. The fraction of sp³-hybridized carbons (Fsp3) is 0.167. The topological polar surface area (TPSA) is 79.5 Å². The smallest absolute Gasteiger partial charge is 0.341 e. The number of aliphatic hydroxyl groups excluding tert-OH is 1. The van der Waals surface area contributed by atoms with Crippen LogP contribution in [0, 0.1) is 5.82 Å². The summed E-state index contributed by atoms with van der Waals surface area (Å²) in [5, 5.41) is 17.8. The number of carboxylic acids is 1. The van der Waals surface area contributed by atoms with Gasteiger partial charge in [-0.2, -0.15) is 0 Å². The number of carbonyl (C=O) groups is 1. The van der Waals surface area contributed by atoms with Crippen molar-refractivity contribution in [3.63, 3.8) is 0 Å². The molecule has 0 amide bonds. The van der Waals surface area contributed by atoms with Crippen LogP contribution in [0.5, 0.6) is 0 Å². The van der Waals surface area contributed by atoms with E-state index in [1.165, 1.54) is 22.8 Å². The molecule has 0 atom stereocenters. The standard InChI is InChI=1S/C12H10FNO4/c13-9-3-1-2-7-10(9)14(4-5-15)6-8(11(7)16)12(17)18/h1-3,6,15H,4-5H2,(H,17,18). The summed E-state index contributed by atoms with van der Waals surface area (Å²) in [5.41, 5.74) is -1.17. The lowest BCUT2D eigenvalue weighted by Gasteiger charge is -2.11. The van der Waals surface area contributed by atoms with Crippen LogP contribution in [0.15, 0.2) is 29.2 Å². The normalized spacial score (nSPS) is 10.8. The van der Waals surface area contributed by atoms with Gasteiger partial charge in [0.15, 0.2) is 0 Å². The lowest BCUT2D eigenvalue weighted by atomic mass is 10.1. The van der Waals surface area contributed by atoms with Crippen LogP contribution >= 0.6 is 0 Å². The Morgan fingerprint density at radius 3 is 2.72 bits per heavy atom. The molecule has 0 saturated heterocycles. The second kappa shape index (κ2) is 4.58. The summed E-state index contributed by atoms with van der Waals surface area (Å²) in [6, 6.07) is 3.88. The summed E-state index contributed by atoms with van der Waals surface area (Å²) in [4.78, 5) is 22.8. The number of carboxylic acid groups (broad SMARTS) is 1. The van der Waals surface area contributed by atoms with Crippen molar-refractivity contribution < 1.29 is 19.4 Å².